The van der Waals surface area contributed by atoms with Crippen LogP contribution in [-0.2, 0) is 27.7 Å². The summed E-state index contributed by atoms with van der Waals surface area (Å²) in [7, 11) is -3.56. The quantitative estimate of drug-likeness (QED) is 0.201. The molecular weight excluding hydrogens is 419 g/mol. The van der Waals surface area contributed by atoms with Crippen molar-refractivity contribution in [1.29, 1.82) is 0 Å². The largest absolute Gasteiger partial charge is 0.474 e. The van der Waals surface area contributed by atoms with E-state index in [1.165, 1.54) is 0 Å². The molecule has 1 saturated heterocycles. The summed E-state index contributed by atoms with van der Waals surface area (Å²) in [4.78, 5) is 11.1. The zero-order valence-electron chi connectivity index (χ0n) is 11.1. The minimum atomic E-state index is -3.56. The van der Waals surface area contributed by atoms with Crippen LogP contribution >= 0.6 is 39.7 Å². The SMILES string of the molecule is C=C(C)C(=O)OCCOP1(=O)OCC(CBr)(CBr)CO1. The Morgan fingerprint density at radius 3 is 2.30 bits per heavy atom. The van der Waals surface area contributed by atoms with Gasteiger partial charge in [-0.25, -0.2) is 9.36 Å². The van der Waals surface area contributed by atoms with E-state index in [0.717, 1.165) is 0 Å². The van der Waals surface area contributed by atoms with E-state index in [1.807, 2.05) is 0 Å². The van der Waals surface area contributed by atoms with Crippen LogP contribution in [0.1, 0.15) is 6.92 Å². The molecule has 0 aromatic rings. The topological polar surface area (TPSA) is 71.1 Å². The van der Waals surface area contributed by atoms with Crippen molar-refractivity contribution in [2.45, 2.75) is 6.92 Å². The Labute approximate surface area is 135 Å². The van der Waals surface area contributed by atoms with Crippen LogP contribution in [0.2, 0.25) is 0 Å². The van der Waals surface area contributed by atoms with Crippen LogP contribution in [0.4, 0.5) is 0 Å². The number of carbonyl (C=O) groups is 1. The third-order valence-electron chi connectivity index (χ3n) is 2.54. The van der Waals surface area contributed by atoms with Crippen molar-refractivity contribution in [3.8, 4) is 0 Å². The van der Waals surface area contributed by atoms with Crippen LogP contribution in [0.15, 0.2) is 12.2 Å². The lowest BCUT2D eigenvalue weighted by molar-refractivity contribution is -0.140. The highest BCUT2D eigenvalue weighted by Crippen LogP contribution is 2.55. The van der Waals surface area contributed by atoms with Crippen molar-refractivity contribution in [1.82, 2.24) is 0 Å². The van der Waals surface area contributed by atoms with Gasteiger partial charge in [-0.1, -0.05) is 38.4 Å². The minimum absolute atomic E-state index is 0.0373. The van der Waals surface area contributed by atoms with Gasteiger partial charge in [0.05, 0.1) is 19.8 Å². The molecule has 20 heavy (non-hydrogen) atoms. The first-order chi connectivity index (χ1) is 9.36. The van der Waals surface area contributed by atoms with Gasteiger partial charge in [0, 0.05) is 21.6 Å². The van der Waals surface area contributed by atoms with E-state index in [-0.39, 0.29) is 31.8 Å². The summed E-state index contributed by atoms with van der Waals surface area (Å²) in [5, 5.41) is 1.31. The number of ether oxygens (including phenoxy) is 1. The molecule has 116 valence electrons. The maximum Gasteiger partial charge on any atom is 0.474 e. The van der Waals surface area contributed by atoms with Gasteiger partial charge in [-0.2, -0.15) is 0 Å². The van der Waals surface area contributed by atoms with Crippen molar-refractivity contribution < 1.29 is 27.7 Å². The fourth-order valence-corrected chi connectivity index (χ4v) is 4.14. The van der Waals surface area contributed by atoms with E-state index >= 15 is 0 Å². The number of hydrogen-bond donors (Lipinski definition) is 0. The molecule has 9 heteroatoms. The van der Waals surface area contributed by atoms with Gasteiger partial charge < -0.3 is 4.74 Å². The number of phosphoric acid groups is 1. The summed E-state index contributed by atoms with van der Waals surface area (Å²) in [6, 6.07) is 0. The number of alkyl halides is 2. The van der Waals surface area contributed by atoms with Gasteiger partial charge in [-0.3, -0.25) is 13.6 Å². The highest BCUT2D eigenvalue weighted by molar-refractivity contribution is 9.09. The van der Waals surface area contributed by atoms with E-state index in [1.54, 1.807) is 6.92 Å². The molecule has 0 spiro atoms. The molecule has 0 N–H and O–H groups in total. The first kappa shape index (κ1) is 18.3. The fourth-order valence-electron chi connectivity index (χ4n) is 1.18. The first-order valence-electron chi connectivity index (χ1n) is 5.85. The summed E-state index contributed by atoms with van der Waals surface area (Å²) in [5.74, 6) is -0.519. The highest BCUT2D eigenvalue weighted by Gasteiger charge is 2.42. The lowest BCUT2D eigenvalue weighted by Gasteiger charge is -2.36. The summed E-state index contributed by atoms with van der Waals surface area (Å²) in [5.41, 5.74) is 0.0326. The Morgan fingerprint density at radius 2 is 1.85 bits per heavy atom. The zero-order valence-corrected chi connectivity index (χ0v) is 15.2. The summed E-state index contributed by atoms with van der Waals surface area (Å²) < 4.78 is 32.4. The second kappa shape index (κ2) is 8.06. The molecule has 0 radical (unpaired) electrons. The van der Waals surface area contributed by atoms with Crippen molar-refractivity contribution in [3.05, 3.63) is 12.2 Å². The second-order valence-corrected chi connectivity index (χ2v) is 7.30. The molecule has 0 saturated carbocycles. The lowest BCUT2D eigenvalue weighted by atomic mass is 9.96. The molecule has 0 aromatic carbocycles. The van der Waals surface area contributed by atoms with Crippen molar-refractivity contribution in [2.24, 2.45) is 5.41 Å². The first-order valence-corrected chi connectivity index (χ1v) is 9.55. The molecule has 0 aliphatic carbocycles. The third-order valence-corrected chi connectivity index (χ3v) is 6.31. The van der Waals surface area contributed by atoms with E-state index in [0.29, 0.717) is 16.2 Å². The van der Waals surface area contributed by atoms with E-state index in [4.69, 9.17) is 18.3 Å². The molecule has 0 aromatic heterocycles. The van der Waals surface area contributed by atoms with Gasteiger partial charge in [0.1, 0.15) is 6.61 Å². The Bertz CT molecular complexity index is 396. The molecule has 1 aliphatic rings. The summed E-state index contributed by atoms with van der Waals surface area (Å²) in [6.45, 7) is 5.40. The fraction of sp³-hybridized carbons (Fsp3) is 0.727. The molecule has 1 fully saturated rings. The van der Waals surface area contributed by atoms with Gasteiger partial charge >= 0.3 is 13.8 Å². The Kier molecular flexibility index (Phi) is 7.38. The molecule has 0 unspecified atom stereocenters. The van der Waals surface area contributed by atoms with Crippen molar-refractivity contribution in [2.75, 3.05) is 37.1 Å². The van der Waals surface area contributed by atoms with Gasteiger partial charge in [-0.15, -0.1) is 0 Å². The smallest absolute Gasteiger partial charge is 0.460 e. The van der Waals surface area contributed by atoms with Crippen LogP contribution in [0.25, 0.3) is 0 Å². The van der Waals surface area contributed by atoms with Gasteiger partial charge in [0.25, 0.3) is 0 Å². The monoisotopic (exact) mass is 434 g/mol. The van der Waals surface area contributed by atoms with Gasteiger partial charge in [0.2, 0.25) is 0 Å². The van der Waals surface area contributed by atoms with Gasteiger partial charge in [0.15, 0.2) is 0 Å². The van der Waals surface area contributed by atoms with E-state index < -0.39 is 13.8 Å². The maximum atomic E-state index is 12.1. The Morgan fingerprint density at radius 1 is 1.30 bits per heavy atom. The number of carbonyl (C=O) groups excluding carboxylic acids is 1. The predicted octanol–water partition coefficient (Wildman–Crippen LogP) is 3.05. The highest BCUT2D eigenvalue weighted by atomic mass is 79.9. The molecule has 6 nitrogen and oxygen atoms in total. The standard InChI is InChI=1S/C11H17Br2O6P/c1-9(2)10(14)16-3-4-17-20(15)18-7-11(5-12,6-13)8-19-20/h1,3-8H2,2H3. The molecular formula is C11H17Br2O6P. The predicted molar refractivity (Wildman–Crippen MR) is 81.3 cm³/mol. The maximum absolute atomic E-state index is 12.1. The minimum Gasteiger partial charge on any atom is -0.460 e. The van der Waals surface area contributed by atoms with Crippen LogP contribution in [-0.4, -0.2) is 43.1 Å². The molecule has 1 heterocycles. The van der Waals surface area contributed by atoms with E-state index in [2.05, 4.69) is 38.4 Å². The van der Waals surface area contributed by atoms with Crippen molar-refractivity contribution >= 4 is 45.7 Å². The van der Waals surface area contributed by atoms with Crippen LogP contribution < -0.4 is 0 Å². The molecule has 0 bridgehead atoms. The molecule has 0 amide bonds. The average Bonchev–Trinajstić information content (AvgIpc) is 2.45. The van der Waals surface area contributed by atoms with Crippen LogP contribution in [0.3, 0.4) is 0 Å². The number of esters is 1. The molecule has 1 rings (SSSR count). The third kappa shape index (κ3) is 5.24. The van der Waals surface area contributed by atoms with Crippen LogP contribution in [0, 0.1) is 5.41 Å². The Hall–Kier alpha value is 0.280. The van der Waals surface area contributed by atoms with Crippen LogP contribution in [0.5, 0.6) is 0 Å². The number of hydrogen-bond acceptors (Lipinski definition) is 6. The number of rotatable bonds is 7. The van der Waals surface area contributed by atoms with Crippen molar-refractivity contribution in [3.63, 3.8) is 0 Å². The second-order valence-electron chi connectivity index (χ2n) is 4.51. The lowest BCUT2D eigenvalue weighted by Crippen LogP contribution is -2.39. The number of phosphoric ester groups is 1. The molecule has 1 aliphatic heterocycles. The molecule has 0 atom stereocenters. The summed E-state index contributed by atoms with van der Waals surface area (Å²) in [6.07, 6.45) is 0. The van der Waals surface area contributed by atoms with E-state index in [9.17, 15) is 9.36 Å². The zero-order chi connectivity index (χ0) is 15.2. The average molecular weight is 436 g/mol. The number of halogens is 2. The van der Waals surface area contributed by atoms with Gasteiger partial charge in [-0.05, 0) is 6.92 Å². The normalized spacial score (nSPS) is 20.4. The summed E-state index contributed by atoms with van der Waals surface area (Å²) >= 11 is 6.75. The Balaban J connectivity index is 2.33.